The molecule has 8 N–H and O–H groups in total. The summed E-state index contributed by atoms with van der Waals surface area (Å²) in [4.78, 5) is 0. The van der Waals surface area contributed by atoms with E-state index in [0.29, 0.717) is 19.3 Å². The van der Waals surface area contributed by atoms with E-state index >= 15 is 0 Å². The number of aliphatic hydroxyl groups excluding tert-OH is 7. The average molecular weight is 769 g/mol. The standard InChI is InChI=1S/C40H64O14/c1-17-12-20-30(35(4,5)48)54-40(53-20)29(17)37(7)23(43)13-39-16-38(39)11-10-24(34(2,3)21(38)8-9-22(39)36(37,6)33(40)47)51-32-27(46)28(19(42)15-50-32)52-31-26(45)25(44)18(41)14-49-31/h17-33,41-48H,8-16H2,1-7H3/t17-,18-,19-,20-,21+,22+,23-,24+,25+,26-,27-,28+,29-,30+,31+,32+,33-,36-,37-,38-,39+,40+/m1/s1. The Hall–Kier alpha value is -0.560. The van der Waals surface area contributed by atoms with Crippen LogP contribution in [0, 0.1) is 50.7 Å². The summed E-state index contributed by atoms with van der Waals surface area (Å²) in [5.41, 5.74) is -3.16. The van der Waals surface area contributed by atoms with Crippen LogP contribution in [-0.4, -0.2) is 145 Å². The third-order valence-electron chi connectivity index (χ3n) is 17.6. The molecule has 0 aromatic heterocycles. The second-order valence-corrected chi connectivity index (χ2v) is 20.7. The molecule has 0 radical (unpaired) electrons. The van der Waals surface area contributed by atoms with Crippen molar-refractivity contribution in [2.75, 3.05) is 13.2 Å². The minimum absolute atomic E-state index is 0.0648. The highest BCUT2D eigenvalue weighted by molar-refractivity contribution is 5.36. The lowest BCUT2D eigenvalue weighted by Gasteiger charge is -2.65. The SMILES string of the molecule is C[C@@H]1C[C@H]2O[C@@]3(O[C@@H]2C(C)(C)O)[C@H](O)[C@@]2(C)[C@@H]4CC[C@H]5C(C)(C)[C@@H](O[C@@H]6OC[C@@H](O)[C@H](O[C@@H]7OC[C@@H](O)[C@H](O)[C@H]7O)[C@H]6O)CC[C@@]56C[C@@]46C[C@@H](O)[C@]2(C)[C@@H]13. The zero-order valence-corrected chi connectivity index (χ0v) is 32.7. The molecule has 4 heterocycles. The molecule has 22 atom stereocenters. The van der Waals surface area contributed by atoms with E-state index in [9.17, 15) is 40.9 Å². The molecule has 5 saturated carbocycles. The van der Waals surface area contributed by atoms with Gasteiger partial charge in [-0.1, -0.05) is 34.6 Å². The van der Waals surface area contributed by atoms with Crippen LogP contribution in [-0.2, 0) is 28.4 Å². The minimum Gasteiger partial charge on any atom is -0.393 e. The van der Waals surface area contributed by atoms with Crippen LogP contribution < -0.4 is 0 Å². The molecule has 0 amide bonds. The van der Waals surface area contributed by atoms with E-state index in [2.05, 4.69) is 34.6 Å². The van der Waals surface area contributed by atoms with Gasteiger partial charge in [0.25, 0.3) is 0 Å². The van der Waals surface area contributed by atoms with Gasteiger partial charge in [-0.3, -0.25) is 0 Å². The van der Waals surface area contributed by atoms with Crippen LogP contribution in [0.1, 0.15) is 93.4 Å². The van der Waals surface area contributed by atoms with Crippen LogP contribution in [0.5, 0.6) is 0 Å². The Kier molecular flexibility index (Phi) is 8.67. The molecular weight excluding hydrogens is 704 g/mol. The molecule has 9 aliphatic rings. The Bertz CT molecular complexity index is 1490. The summed E-state index contributed by atoms with van der Waals surface area (Å²) in [7, 11) is 0. The van der Waals surface area contributed by atoms with Crippen LogP contribution in [0.15, 0.2) is 0 Å². The molecular formula is C40H64O14. The molecule has 5 aliphatic carbocycles. The molecule has 14 nitrogen and oxygen atoms in total. The van der Waals surface area contributed by atoms with Crippen molar-refractivity contribution in [2.45, 2.75) is 185 Å². The van der Waals surface area contributed by atoms with Gasteiger partial charge < -0.3 is 69.3 Å². The predicted molar refractivity (Wildman–Crippen MR) is 187 cm³/mol. The van der Waals surface area contributed by atoms with Crippen LogP contribution >= 0.6 is 0 Å². The molecule has 0 unspecified atom stereocenters. The lowest BCUT2D eigenvalue weighted by molar-refractivity contribution is -0.345. The topological polar surface area (TPSA) is 217 Å². The third-order valence-corrected chi connectivity index (χ3v) is 17.6. The van der Waals surface area contributed by atoms with Crippen molar-refractivity contribution in [1.29, 1.82) is 0 Å². The Morgan fingerprint density at radius 1 is 0.722 bits per heavy atom. The zero-order valence-electron chi connectivity index (χ0n) is 32.7. The maximum absolute atomic E-state index is 12.8. The third kappa shape index (κ3) is 4.67. The lowest BCUT2D eigenvalue weighted by atomic mass is 9.40. The normalized spacial score (nSPS) is 61.5. The summed E-state index contributed by atoms with van der Waals surface area (Å²) in [6.45, 7) is 14.0. The number of ether oxygens (including phenoxy) is 6. The number of aliphatic hydroxyl groups is 8. The fraction of sp³-hybridized carbons (Fsp3) is 1.00. The lowest BCUT2D eigenvalue weighted by Crippen LogP contribution is -2.64. The van der Waals surface area contributed by atoms with E-state index in [0.717, 1.165) is 25.7 Å². The molecule has 54 heavy (non-hydrogen) atoms. The smallest absolute Gasteiger partial charge is 0.199 e. The van der Waals surface area contributed by atoms with Crippen molar-refractivity contribution < 1.29 is 69.3 Å². The molecule has 3 spiro atoms. The van der Waals surface area contributed by atoms with Crippen LogP contribution in [0.4, 0.5) is 0 Å². The van der Waals surface area contributed by atoms with E-state index in [1.165, 1.54) is 0 Å². The van der Waals surface area contributed by atoms with Crippen molar-refractivity contribution in [3.63, 3.8) is 0 Å². The van der Waals surface area contributed by atoms with Crippen molar-refractivity contribution in [3.8, 4) is 0 Å². The first-order valence-electron chi connectivity index (χ1n) is 20.5. The van der Waals surface area contributed by atoms with E-state index in [4.69, 9.17) is 28.4 Å². The van der Waals surface area contributed by atoms with Gasteiger partial charge in [-0.2, -0.15) is 0 Å². The van der Waals surface area contributed by atoms with Gasteiger partial charge >= 0.3 is 0 Å². The Morgan fingerprint density at radius 2 is 1.37 bits per heavy atom. The second kappa shape index (κ2) is 12.0. The predicted octanol–water partition coefficient (Wildman–Crippen LogP) is 0.556. The highest BCUT2D eigenvalue weighted by Gasteiger charge is 2.89. The highest BCUT2D eigenvalue weighted by Crippen LogP contribution is 2.90. The molecule has 9 rings (SSSR count). The molecule has 2 bridgehead atoms. The summed E-state index contributed by atoms with van der Waals surface area (Å²) >= 11 is 0. The largest absolute Gasteiger partial charge is 0.393 e. The zero-order chi connectivity index (χ0) is 38.9. The number of rotatable bonds is 5. The van der Waals surface area contributed by atoms with Gasteiger partial charge in [-0.25, -0.2) is 0 Å². The van der Waals surface area contributed by atoms with Gasteiger partial charge in [-0.15, -0.1) is 0 Å². The summed E-state index contributed by atoms with van der Waals surface area (Å²) in [5.74, 6) is -1.08. The van der Waals surface area contributed by atoms with Gasteiger partial charge in [0.05, 0.1) is 37.1 Å². The molecule has 0 aromatic carbocycles. The van der Waals surface area contributed by atoms with Crippen molar-refractivity contribution >= 4 is 0 Å². The summed E-state index contributed by atoms with van der Waals surface area (Å²) < 4.78 is 37.2. The van der Waals surface area contributed by atoms with Crippen molar-refractivity contribution in [1.82, 2.24) is 0 Å². The second-order valence-electron chi connectivity index (χ2n) is 20.7. The van der Waals surface area contributed by atoms with Gasteiger partial charge in [0.1, 0.15) is 48.8 Å². The van der Waals surface area contributed by atoms with Crippen LogP contribution in [0.25, 0.3) is 0 Å². The maximum atomic E-state index is 12.8. The minimum atomic E-state index is -1.58. The van der Waals surface area contributed by atoms with Gasteiger partial charge in [0, 0.05) is 16.7 Å². The Balaban J connectivity index is 0.957. The van der Waals surface area contributed by atoms with Crippen LogP contribution in [0.2, 0.25) is 0 Å². The molecule has 0 aromatic rings. The van der Waals surface area contributed by atoms with Gasteiger partial charge in [-0.05, 0) is 92.8 Å². The Labute approximate surface area is 317 Å². The molecule has 4 aliphatic heterocycles. The first-order valence-corrected chi connectivity index (χ1v) is 20.5. The fourth-order valence-corrected chi connectivity index (χ4v) is 15.2. The molecule has 9 fully saturated rings. The Morgan fingerprint density at radius 3 is 2.06 bits per heavy atom. The molecule has 4 saturated heterocycles. The van der Waals surface area contributed by atoms with Gasteiger partial charge in [0.15, 0.2) is 18.4 Å². The van der Waals surface area contributed by atoms with Crippen LogP contribution in [0.3, 0.4) is 0 Å². The van der Waals surface area contributed by atoms with E-state index in [1.54, 1.807) is 13.8 Å². The van der Waals surface area contributed by atoms with E-state index in [1.807, 2.05) is 0 Å². The number of fused-ring (bicyclic) bond motifs is 4. The monoisotopic (exact) mass is 768 g/mol. The van der Waals surface area contributed by atoms with E-state index in [-0.39, 0.29) is 65.3 Å². The first-order chi connectivity index (χ1) is 25.1. The van der Waals surface area contributed by atoms with E-state index < -0.39 is 89.7 Å². The number of hydrogen-bond acceptors (Lipinski definition) is 14. The number of hydrogen-bond donors (Lipinski definition) is 8. The molecule has 14 heteroatoms. The maximum Gasteiger partial charge on any atom is 0.199 e. The highest BCUT2D eigenvalue weighted by atomic mass is 16.8. The quantitative estimate of drug-likeness (QED) is 0.180. The fourth-order valence-electron chi connectivity index (χ4n) is 15.2. The van der Waals surface area contributed by atoms with Crippen molar-refractivity contribution in [3.05, 3.63) is 0 Å². The van der Waals surface area contributed by atoms with Crippen molar-refractivity contribution in [2.24, 2.45) is 50.7 Å². The molecule has 308 valence electrons. The summed E-state index contributed by atoms with van der Waals surface area (Å²) in [5, 5.41) is 89.0. The first kappa shape index (κ1) is 38.9. The van der Waals surface area contributed by atoms with Gasteiger partial charge in [0.2, 0.25) is 0 Å². The summed E-state index contributed by atoms with van der Waals surface area (Å²) in [6, 6.07) is 0. The average Bonchev–Trinajstić information content (AvgIpc) is 3.58. The summed E-state index contributed by atoms with van der Waals surface area (Å²) in [6.07, 6.45) is -8.10.